The molecule has 6 heteroatoms. The van der Waals surface area contributed by atoms with Gasteiger partial charge in [-0.15, -0.1) is 0 Å². The molecule has 0 saturated heterocycles. The molecule has 0 saturated carbocycles. The van der Waals surface area contributed by atoms with E-state index in [1.165, 1.54) is 224 Å². The molecule has 0 amide bonds. The van der Waals surface area contributed by atoms with Crippen molar-refractivity contribution in [3.05, 3.63) is 108 Å². The summed E-state index contributed by atoms with van der Waals surface area (Å²) in [4.78, 5) is 0. The molecule has 0 unspecified atom stereocenters. The van der Waals surface area contributed by atoms with Gasteiger partial charge in [0.2, 0.25) is 0 Å². The lowest BCUT2D eigenvalue weighted by molar-refractivity contribution is -0.941. The van der Waals surface area contributed by atoms with Crippen molar-refractivity contribution in [3.8, 4) is 0 Å². The number of hydrogen-bond donors (Lipinski definition) is 0. The highest BCUT2D eigenvalue weighted by atomic mass is 79.9. The Morgan fingerprint density at radius 2 is 0.381 bits per heavy atom. The second-order valence-electron chi connectivity index (χ2n) is 18.7. The number of rotatable bonds is 33. The molecule has 3 nitrogen and oxygen atoms in total. The molecule has 0 bridgehead atoms. The summed E-state index contributed by atoms with van der Waals surface area (Å²) >= 11 is 0. The SMILES string of the molecule is CCCC[N+](CCCC)(CCCC)Cc1ccccc1.CCCC[N+](CCCC)(CCCC)Cc1ccccc1.CCCC[N+](CCCC)(CCCC)Cc1ccccc1.[Br-].[Br-].[Br-]. The summed E-state index contributed by atoms with van der Waals surface area (Å²) in [6.07, 6.45) is 24.1. The van der Waals surface area contributed by atoms with E-state index in [0.717, 1.165) is 0 Å². The summed E-state index contributed by atoms with van der Waals surface area (Å²) < 4.78 is 3.92. The first-order valence-corrected chi connectivity index (χ1v) is 26.0. The zero-order valence-corrected chi connectivity index (χ0v) is 47.6. The first-order valence-electron chi connectivity index (χ1n) is 26.0. The van der Waals surface area contributed by atoms with Crippen LogP contribution in [0.25, 0.3) is 0 Å². The van der Waals surface area contributed by atoms with Crippen molar-refractivity contribution in [3.63, 3.8) is 0 Å². The van der Waals surface area contributed by atoms with E-state index in [1.807, 2.05) is 0 Å². The zero-order valence-electron chi connectivity index (χ0n) is 42.8. The normalized spacial score (nSPS) is 11.2. The van der Waals surface area contributed by atoms with Crippen LogP contribution in [0.4, 0.5) is 0 Å². The highest BCUT2D eigenvalue weighted by Gasteiger charge is 2.28. The highest BCUT2D eigenvalue weighted by molar-refractivity contribution is 5.15. The average Bonchev–Trinajstić information content (AvgIpc) is 3.29. The second-order valence-corrected chi connectivity index (χ2v) is 18.7. The number of quaternary nitrogens is 3. The third kappa shape index (κ3) is 30.8. The van der Waals surface area contributed by atoms with Crippen molar-refractivity contribution in [1.82, 2.24) is 0 Å². The predicted molar refractivity (Wildman–Crippen MR) is 269 cm³/mol. The minimum Gasteiger partial charge on any atom is -1.00 e. The summed E-state index contributed by atoms with van der Waals surface area (Å²) in [5.41, 5.74) is 4.53. The van der Waals surface area contributed by atoms with Crippen LogP contribution >= 0.6 is 0 Å². The number of nitrogens with zero attached hydrogens (tertiary/aromatic N) is 3. The van der Waals surface area contributed by atoms with E-state index in [2.05, 4.69) is 153 Å². The molecule has 0 fully saturated rings. The largest absolute Gasteiger partial charge is 1.00 e. The van der Waals surface area contributed by atoms with Crippen LogP contribution < -0.4 is 50.9 Å². The Kier molecular flexibility index (Phi) is 45.8. The van der Waals surface area contributed by atoms with Crippen LogP contribution in [0, 0.1) is 0 Å². The van der Waals surface area contributed by atoms with Crippen LogP contribution in [0.2, 0.25) is 0 Å². The van der Waals surface area contributed by atoms with Crippen molar-refractivity contribution < 1.29 is 64.4 Å². The first-order chi connectivity index (χ1) is 29.3. The quantitative estimate of drug-likeness (QED) is 0.0566. The van der Waals surface area contributed by atoms with Gasteiger partial charge in [0.05, 0.1) is 58.9 Å². The van der Waals surface area contributed by atoms with Gasteiger partial charge >= 0.3 is 0 Å². The summed E-state index contributed by atoms with van der Waals surface area (Å²) in [6, 6.07) is 33.3. The molecule has 0 aliphatic carbocycles. The molecule has 0 spiro atoms. The van der Waals surface area contributed by atoms with Crippen LogP contribution in [-0.2, 0) is 19.6 Å². The van der Waals surface area contributed by atoms with Crippen molar-refractivity contribution in [2.45, 2.75) is 198 Å². The fraction of sp³-hybridized carbons (Fsp3) is 0.684. The van der Waals surface area contributed by atoms with E-state index in [0.29, 0.717) is 0 Å². The summed E-state index contributed by atoms with van der Waals surface area (Å²) in [7, 11) is 0. The van der Waals surface area contributed by atoms with Gasteiger partial charge in [0, 0.05) is 16.7 Å². The maximum Gasteiger partial charge on any atom is 0.104 e. The molecule has 0 atom stereocenters. The monoisotopic (exact) mass is 1070 g/mol. The first kappa shape index (κ1) is 66.3. The molecule has 63 heavy (non-hydrogen) atoms. The molecule has 3 aromatic rings. The Hall–Kier alpha value is -1.02. The lowest BCUT2D eigenvalue weighted by atomic mass is 10.1. The summed E-state index contributed by atoms with van der Waals surface area (Å²) in [6.45, 7) is 36.7. The number of benzene rings is 3. The molecule has 0 aliphatic heterocycles. The summed E-state index contributed by atoms with van der Waals surface area (Å²) in [5, 5.41) is 0. The van der Waals surface area contributed by atoms with Crippen molar-refractivity contribution in [1.29, 1.82) is 0 Å². The topological polar surface area (TPSA) is 0 Å². The van der Waals surface area contributed by atoms with Crippen molar-refractivity contribution >= 4 is 0 Å². The van der Waals surface area contributed by atoms with Gasteiger partial charge in [-0.25, -0.2) is 0 Å². The third-order valence-electron chi connectivity index (χ3n) is 13.0. The molecule has 0 heterocycles. The van der Waals surface area contributed by atoms with E-state index in [1.54, 1.807) is 0 Å². The van der Waals surface area contributed by atoms with Gasteiger partial charge in [-0.1, -0.05) is 211 Å². The van der Waals surface area contributed by atoms with Gasteiger partial charge in [0.15, 0.2) is 0 Å². The van der Waals surface area contributed by atoms with Gasteiger partial charge in [0.1, 0.15) is 19.6 Å². The van der Waals surface area contributed by atoms with Crippen LogP contribution in [0.1, 0.15) is 195 Å². The fourth-order valence-electron chi connectivity index (χ4n) is 9.07. The Labute approximate surface area is 425 Å². The zero-order chi connectivity index (χ0) is 44.1. The van der Waals surface area contributed by atoms with Gasteiger partial charge in [0.25, 0.3) is 0 Å². The maximum atomic E-state index is 2.32. The van der Waals surface area contributed by atoms with Crippen LogP contribution in [0.3, 0.4) is 0 Å². The van der Waals surface area contributed by atoms with Crippen LogP contribution in [-0.4, -0.2) is 72.4 Å². The van der Waals surface area contributed by atoms with Gasteiger partial charge < -0.3 is 64.4 Å². The van der Waals surface area contributed by atoms with Crippen LogP contribution in [0.5, 0.6) is 0 Å². The number of hydrogen-bond acceptors (Lipinski definition) is 0. The number of unbranched alkanes of at least 4 members (excludes halogenated alkanes) is 9. The lowest BCUT2D eigenvalue weighted by Gasteiger charge is -2.39. The molecular weight excluding hydrogens is 966 g/mol. The maximum absolute atomic E-state index is 2.32. The van der Waals surface area contributed by atoms with E-state index < -0.39 is 0 Å². The second kappa shape index (κ2) is 43.5. The molecule has 0 N–H and O–H groups in total. The minimum atomic E-state index is 0. The fourth-order valence-corrected chi connectivity index (χ4v) is 9.07. The van der Waals surface area contributed by atoms with E-state index in [4.69, 9.17) is 0 Å². The standard InChI is InChI=1S/3C19H34N.3BrH/c3*1-4-7-15-20(16-8-5-2,17-9-6-3)18-19-13-11-10-12-14-19;;;/h3*10-14H,4-9,15-18H2,1-3H3;3*1H/q3*+1;;;/p-3. The Morgan fingerprint density at radius 3 is 0.508 bits per heavy atom. The van der Waals surface area contributed by atoms with Crippen molar-refractivity contribution in [2.24, 2.45) is 0 Å². The Balaban J connectivity index is -0.000000837. The smallest absolute Gasteiger partial charge is 0.104 e. The van der Waals surface area contributed by atoms with Gasteiger partial charge in [-0.2, -0.15) is 0 Å². The average molecular weight is 1070 g/mol. The van der Waals surface area contributed by atoms with Gasteiger partial charge in [-0.05, 0) is 57.8 Å². The lowest BCUT2D eigenvalue weighted by Crippen LogP contribution is -3.00. The molecule has 0 radical (unpaired) electrons. The molecule has 366 valence electrons. The molecule has 3 rings (SSSR count). The predicted octanol–water partition coefficient (Wildman–Crippen LogP) is 7.22. The van der Waals surface area contributed by atoms with Crippen molar-refractivity contribution in [2.75, 3.05) is 58.9 Å². The number of halogens is 3. The minimum absolute atomic E-state index is 0. The van der Waals surface area contributed by atoms with E-state index in [9.17, 15) is 0 Å². The molecule has 0 aromatic heterocycles. The Morgan fingerprint density at radius 1 is 0.238 bits per heavy atom. The molecular formula is C57H102Br3N3. The van der Waals surface area contributed by atoms with E-state index >= 15 is 0 Å². The van der Waals surface area contributed by atoms with E-state index in [-0.39, 0.29) is 50.9 Å². The third-order valence-corrected chi connectivity index (χ3v) is 13.0. The summed E-state index contributed by atoms with van der Waals surface area (Å²) in [5.74, 6) is 0. The highest BCUT2D eigenvalue weighted by Crippen LogP contribution is 2.22. The Bertz CT molecular complexity index is 1110. The van der Waals surface area contributed by atoms with Gasteiger partial charge in [-0.3, -0.25) is 0 Å². The van der Waals surface area contributed by atoms with Crippen LogP contribution in [0.15, 0.2) is 91.0 Å². The molecule has 0 aliphatic rings. The molecule has 3 aromatic carbocycles.